The van der Waals surface area contributed by atoms with Gasteiger partial charge in [0.15, 0.2) is 12.6 Å². The zero-order valence-electron chi connectivity index (χ0n) is 22.1. The van der Waals surface area contributed by atoms with Gasteiger partial charge in [0.25, 0.3) is 0 Å². The average Bonchev–Trinajstić information content (AvgIpc) is 2.71. The number of carbonyl (C=O) groups excluding carboxylic acids is 3. The number of carbonyl (C=O) groups is 3. The monoisotopic (exact) mass is 592 g/mol. The molecule has 15 nitrogen and oxygen atoms in total. The second kappa shape index (κ2) is 24.7. The van der Waals surface area contributed by atoms with E-state index in [4.69, 9.17) is 19.6 Å². The second-order valence-electron chi connectivity index (χ2n) is 7.76. The standard InChI is InChI=1S/C18H40N6O9P2.2Na/c1-2-19-7-5-17(26)21-10-9-20-8-6-18(27)23-12-11-22-16(25)4-3-13-24(14-34(28,29)30)15-35(31,32)33;;/h19-20H,2-15H2,1H3,(H,21,26)(H,22,25)(H,23,27)(H2,28,29,30)(H2,31,32,33);;/q;2*+1. The molecule has 3 amide bonds. The van der Waals surface area contributed by atoms with Crippen molar-refractivity contribution in [2.24, 2.45) is 0 Å². The van der Waals surface area contributed by atoms with Gasteiger partial charge in [0, 0.05) is 65.1 Å². The minimum absolute atomic E-state index is 0. The Hall–Kier alpha value is 0.910. The van der Waals surface area contributed by atoms with Crippen LogP contribution in [0.4, 0.5) is 0 Å². The first kappa shape index (κ1) is 42.4. The van der Waals surface area contributed by atoms with Crippen molar-refractivity contribution in [1.82, 2.24) is 31.5 Å². The van der Waals surface area contributed by atoms with Crippen molar-refractivity contribution in [1.29, 1.82) is 0 Å². The number of amides is 3. The minimum atomic E-state index is -4.51. The van der Waals surface area contributed by atoms with E-state index >= 15 is 0 Å². The Kier molecular flexibility index (Phi) is 28.3. The maximum Gasteiger partial charge on any atom is 1.00 e. The zero-order valence-corrected chi connectivity index (χ0v) is 27.9. The van der Waals surface area contributed by atoms with Gasteiger partial charge < -0.3 is 36.4 Å². The Morgan fingerprint density at radius 1 is 0.676 bits per heavy atom. The van der Waals surface area contributed by atoms with Gasteiger partial charge in [-0.05, 0) is 13.0 Å². The predicted octanol–water partition coefficient (Wildman–Crippen LogP) is -10.5. The first-order chi connectivity index (χ1) is 16.3. The molecule has 19 heteroatoms. The summed E-state index contributed by atoms with van der Waals surface area (Å²) < 4.78 is 0. The van der Waals surface area contributed by atoms with Gasteiger partial charge in [0.05, 0.1) is 0 Å². The van der Waals surface area contributed by atoms with E-state index in [0.29, 0.717) is 32.6 Å². The van der Waals surface area contributed by atoms with E-state index < -0.39 is 28.5 Å². The van der Waals surface area contributed by atoms with Crippen LogP contribution in [-0.4, -0.2) is 107 Å². The van der Waals surface area contributed by atoms with E-state index in [0.717, 1.165) is 11.4 Å². The molecular weight excluding hydrogens is 552 g/mol. The summed E-state index contributed by atoms with van der Waals surface area (Å²) >= 11 is 0. The van der Waals surface area contributed by atoms with Crippen molar-refractivity contribution < 1.29 is 103 Å². The first-order valence-corrected chi connectivity index (χ1v) is 14.9. The summed E-state index contributed by atoms with van der Waals surface area (Å²) in [6, 6.07) is 0. The van der Waals surface area contributed by atoms with Gasteiger partial charge in [-0.25, -0.2) is 24.5 Å². The Bertz CT molecular complexity index is 615. The SMILES string of the molecule is CCNCCC(=O)NCCNCCC(=O)NCCNC(=O)CCCN(C[P+]([O-])(O)O)C[P+]([O-])(O)O.[Na+].[Na+]. The molecule has 0 aromatic carbocycles. The fraction of sp³-hybridized carbons (Fsp3) is 0.833. The van der Waals surface area contributed by atoms with Gasteiger partial charge in [-0.2, -0.15) is 0 Å². The van der Waals surface area contributed by atoms with E-state index in [2.05, 4.69) is 26.6 Å². The van der Waals surface area contributed by atoms with Crippen LogP contribution in [0.2, 0.25) is 0 Å². The zero-order chi connectivity index (χ0) is 26.7. The van der Waals surface area contributed by atoms with Crippen LogP contribution in [0.25, 0.3) is 0 Å². The van der Waals surface area contributed by atoms with Crippen LogP contribution in [0.5, 0.6) is 0 Å². The van der Waals surface area contributed by atoms with E-state index in [1.807, 2.05) is 6.92 Å². The molecule has 0 unspecified atom stereocenters. The molecule has 0 atom stereocenters. The Balaban J connectivity index is -0.00000578. The molecule has 0 aliphatic carbocycles. The smallest absolute Gasteiger partial charge is 0.631 e. The summed E-state index contributed by atoms with van der Waals surface area (Å²) in [5.41, 5.74) is 0. The molecule has 0 aliphatic heterocycles. The number of nitrogens with zero attached hydrogens (tertiary/aromatic N) is 1. The van der Waals surface area contributed by atoms with Gasteiger partial charge in [0.1, 0.15) is 0 Å². The van der Waals surface area contributed by atoms with Crippen LogP contribution in [0.3, 0.4) is 0 Å². The fourth-order valence-electron chi connectivity index (χ4n) is 2.84. The Morgan fingerprint density at radius 2 is 1.08 bits per heavy atom. The fourth-order valence-corrected chi connectivity index (χ4v) is 4.52. The molecule has 0 heterocycles. The van der Waals surface area contributed by atoms with E-state index in [1.54, 1.807) is 0 Å². The maximum absolute atomic E-state index is 11.8. The molecule has 0 aromatic heterocycles. The van der Waals surface area contributed by atoms with Gasteiger partial charge in [-0.1, -0.05) is 6.92 Å². The molecule has 9 N–H and O–H groups in total. The van der Waals surface area contributed by atoms with Crippen molar-refractivity contribution in [3.05, 3.63) is 0 Å². The quantitative estimate of drug-likeness (QED) is 0.0343. The topological polar surface area (TPSA) is 242 Å². The van der Waals surface area contributed by atoms with Crippen molar-refractivity contribution in [3.63, 3.8) is 0 Å². The largest absolute Gasteiger partial charge is 1.00 e. The van der Waals surface area contributed by atoms with Crippen molar-refractivity contribution in [2.75, 3.05) is 64.9 Å². The predicted molar refractivity (Wildman–Crippen MR) is 128 cm³/mol. The third kappa shape index (κ3) is 31.3. The third-order valence-electron chi connectivity index (χ3n) is 4.35. The Morgan fingerprint density at radius 3 is 1.51 bits per heavy atom. The third-order valence-corrected chi connectivity index (χ3v) is 5.88. The molecule has 0 bridgehead atoms. The molecule has 0 radical (unpaired) electrons. The molecule has 0 saturated carbocycles. The van der Waals surface area contributed by atoms with Gasteiger partial charge in [0.2, 0.25) is 33.6 Å². The number of hydrogen-bond donors (Lipinski definition) is 9. The molecule has 0 fully saturated rings. The second-order valence-corrected chi connectivity index (χ2v) is 11.0. The maximum atomic E-state index is 11.8. The van der Waals surface area contributed by atoms with Gasteiger partial charge in [-0.15, -0.1) is 0 Å². The van der Waals surface area contributed by atoms with Crippen molar-refractivity contribution in [3.8, 4) is 0 Å². The molecule has 0 aliphatic rings. The first-order valence-electron chi connectivity index (χ1n) is 11.4. The molecule has 0 saturated heterocycles. The summed E-state index contributed by atoms with van der Waals surface area (Å²) in [7, 11) is -9.02. The molecule has 0 rings (SSSR count). The van der Waals surface area contributed by atoms with E-state index in [9.17, 15) is 24.2 Å². The molecule has 0 aromatic rings. The van der Waals surface area contributed by atoms with E-state index in [1.165, 1.54) is 0 Å². The van der Waals surface area contributed by atoms with Crippen LogP contribution in [-0.2, 0) is 14.4 Å². The minimum Gasteiger partial charge on any atom is -0.631 e. The van der Waals surface area contributed by atoms with Crippen LogP contribution in [0.1, 0.15) is 32.6 Å². The molecule has 206 valence electrons. The van der Waals surface area contributed by atoms with Gasteiger partial charge in [-0.3, -0.25) is 14.4 Å². The summed E-state index contributed by atoms with van der Waals surface area (Å²) in [5, 5.41) is 14.1. The van der Waals surface area contributed by atoms with E-state index in [-0.39, 0.29) is 116 Å². The van der Waals surface area contributed by atoms with Crippen LogP contribution < -0.4 is 95.5 Å². The normalized spacial score (nSPS) is 11.4. The molecular formula is C18H40N6Na2O9P2+2. The average molecular weight is 592 g/mol. The summed E-state index contributed by atoms with van der Waals surface area (Å²) in [6.45, 7) is 5.18. The number of hydrogen-bond acceptors (Lipinski definition) is 12. The summed E-state index contributed by atoms with van der Waals surface area (Å²) in [4.78, 5) is 94.3. The summed E-state index contributed by atoms with van der Waals surface area (Å²) in [6.07, 6.45) is -0.851. The van der Waals surface area contributed by atoms with Gasteiger partial charge >= 0.3 is 59.1 Å². The van der Waals surface area contributed by atoms with Crippen molar-refractivity contribution >= 4 is 33.6 Å². The van der Waals surface area contributed by atoms with Crippen LogP contribution >= 0.6 is 15.9 Å². The van der Waals surface area contributed by atoms with Crippen LogP contribution in [0.15, 0.2) is 0 Å². The van der Waals surface area contributed by atoms with Crippen LogP contribution in [0, 0.1) is 0 Å². The molecule has 37 heavy (non-hydrogen) atoms. The Labute approximate surface area is 263 Å². The number of rotatable bonds is 21. The summed E-state index contributed by atoms with van der Waals surface area (Å²) in [5.74, 6) is -0.597. The number of nitrogens with one attached hydrogen (secondary N) is 5. The molecule has 0 spiro atoms. The van der Waals surface area contributed by atoms with Crippen molar-refractivity contribution in [2.45, 2.75) is 32.6 Å².